The van der Waals surface area contributed by atoms with E-state index in [1.54, 1.807) is 23.5 Å². The molecule has 0 unspecified atom stereocenters. The van der Waals surface area contributed by atoms with E-state index >= 15 is 0 Å². The summed E-state index contributed by atoms with van der Waals surface area (Å²) in [7, 11) is 0. The van der Waals surface area contributed by atoms with Crippen molar-refractivity contribution in [1.29, 1.82) is 0 Å². The molecule has 0 amide bonds. The molecule has 0 radical (unpaired) electrons. The Morgan fingerprint density at radius 1 is 1.11 bits per heavy atom. The van der Waals surface area contributed by atoms with Crippen molar-refractivity contribution in [2.24, 2.45) is 5.92 Å². The third-order valence-electron chi connectivity index (χ3n) is 4.13. The maximum absolute atomic E-state index is 11.5. The first-order valence-corrected chi connectivity index (χ1v) is 9.21. The molecule has 1 N–H and O–H groups in total. The van der Waals surface area contributed by atoms with Crippen molar-refractivity contribution in [3.63, 3.8) is 0 Å². The summed E-state index contributed by atoms with van der Waals surface area (Å²) in [6.45, 7) is 0. The highest BCUT2D eigenvalue weighted by Crippen LogP contribution is 2.46. The van der Waals surface area contributed by atoms with Gasteiger partial charge in [0, 0.05) is 0 Å². The summed E-state index contributed by atoms with van der Waals surface area (Å²) < 4.78 is -0.521. The van der Waals surface area contributed by atoms with E-state index in [0.717, 1.165) is 36.7 Å². The van der Waals surface area contributed by atoms with Crippen LogP contribution in [0.4, 0.5) is 0 Å². The molecule has 104 valence electrons. The van der Waals surface area contributed by atoms with Gasteiger partial charge in [0.05, 0.1) is 0 Å². The van der Waals surface area contributed by atoms with Gasteiger partial charge in [0.1, 0.15) is 0 Å². The Morgan fingerprint density at radius 2 is 1.78 bits per heavy atom. The zero-order chi connectivity index (χ0) is 12.8. The van der Waals surface area contributed by atoms with Crippen LogP contribution >= 0.6 is 23.5 Å². The highest BCUT2D eigenvalue weighted by molar-refractivity contribution is 8.19. The van der Waals surface area contributed by atoms with Crippen molar-refractivity contribution in [2.75, 3.05) is 11.5 Å². The predicted octanol–water partition coefficient (Wildman–Crippen LogP) is 4.39. The maximum Gasteiger partial charge on any atom is 0.330 e. The van der Waals surface area contributed by atoms with Crippen molar-refractivity contribution in [2.45, 2.75) is 61.9 Å². The van der Waals surface area contributed by atoms with E-state index in [2.05, 4.69) is 0 Å². The van der Waals surface area contributed by atoms with Crippen LogP contribution in [0.2, 0.25) is 0 Å². The average Bonchev–Trinajstić information content (AvgIpc) is 2.41. The van der Waals surface area contributed by atoms with Crippen LogP contribution in [0.1, 0.15) is 57.8 Å². The van der Waals surface area contributed by atoms with Crippen molar-refractivity contribution < 1.29 is 9.90 Å². The van der Waals surface area contributed by atoms with Crippen molar-refractivity contribution in [3.05, 3.63) is 0 Å². The molecule has 1 saturated heterocycles. The molecule has 0 aromatic rings. The van der Waals surface area contributed by atoms with E-state index in [9.17, 15) is 9.90 Å². The summed E-state index contributed by atoms with van der Waals surface area (Å²) in [6.07, 6.45) is 11.3. The Hall–Kier alpha value is 0.170. The topological polar surface area (TPSA) is 37.3 Å². The van der Waals surface area contributed by atoms with Crippen LogP contribution < -0.4 is 0 Å². The third-order valence-corrected chi connectivity index (χ3v) is 7.51. The van der Waals surface area contributed by atoms with Gasteiger partial charge in [0.15, 0.2) is 4.08 Å². The largest absolute Gasteiger partial charge is 0.480 e. The summed E-state index contributed by atoms with van der Waals surface area (Å²) in [4.78, 5) is 11.5. The summed E-state index contributed by atoms with van der Waals surface area (Å²) in [5.41, 5.74) is 0. The molecular formula is C14H24O2S2. The zero-order valence-corrected chi connectivity index (χ0v) is 12.7. The molecule has 0 aromatic carbocycles. The van der Waals surface area contributed by atoms with Gasteiger partial charge in [-0.05, 0) is 30.3 Å². The fourth-order valence-corrected chi connectivity index (χ4v) is 6.13. The first-order chi connectivity index (χ1) is 8.73. The van der Waals surface area contributed by atoms with Crippen LogP contribution in [0.5, 0.6) is 0 Å². The Morgan fingerprint density at radius 3 is 2.39 bits per heavy atom. The SMILES string of the molecule is O=C(O)C1(CCCC2CCCCC2)SCCCS1. The second kappa shape index (κ2) is 7.09. The molecule has 2 aliphatic rings. The fraction of sp³-hybridized carbons (Fsp3) is 0.929. The Balaban J connectivity index is 1.76. The number of hydrogen-bond donors (Lipinski definition) is 1. The molecule has 0 spiro atoms. The van der Waals surface area contributed by atoms with Crippen LogP contribution in [-0.4, -0.2) is 26.7 Å². The normalized spacial score (nSPS) is 24.9. The average molecular weight is 288 g/mol. The lowest BCUT2D eigenvalue weighted by atomic mass is 9.85. The van der Waals surface area contributed by atoms with Gasteiger partial charge in [-0.1, -0.05) is 44.9 Å². The molecule has 0 atom stereocenters. The number of aliphatic carboxylic acids is 1. The van der Waals surface area contributed by atoms with E-state index < -0.39 is 10.0 Å². The fourth-order valence-electron chi connectivity index (χ4n) is 3.05. The van der Waals surface area contributed by atoms with E-state index in [1.165, 1.54) is 38.5 Å². The number of carboxylic acid groups (broad SMARTS) is 1. The Bertz CT molecular complexity index is 269. The molecule has 4 heteroatoms. The third kappa shape index (κ3) is 3.83. The molecule has 1 aliphatic carbocycles. The standard InChI is InChI=1S/C14H24O2S2/c15-13(16)14(17-10-5-11-18-14)9-4-8-12-6-2-1-3-7-12/h12H,1-11H2,(H,15,16). The Kier molecular flexibility index (Phi) is 5.74. The minimum absolute atomic E-state index is 0.521. The van der Waals surface area contributed by atoms with Crippen molar-refractivity contribution >= 4 is 29.5 Å². The number of carboxylic acids is 1. The number of thioether (sulfide) groups is 2. The van der Waals surface area contributed by atoms with Gasteiger partial charge >= 0.3 is 5.97 Å². The lowest BCUT2D eigenvalue weighted by molar-refractivity contribution is -0.137. The lowest BCUT2D eigenvalue weighted by Crippen LogP contribution is -2.34. The second-order valence-corrected chi connectivity index (χ2v) is 8.55. The monoisotopic (exact) mass is 288 g/mol. The van der Waals surface area contributed by atoms with Gasteiger partial charge in [-0.3, -0.25) is 0 Å². The number of hydrogen-bond acceptors (Lipinski definition) is 3. The second-order valence-electron chi connectivity index (χ2n) is 5.50. The molecule has 1 saturated carbocycles. The van der Waals surface area contributed by atoms with Crippen LogP contribution in [0.25, 0.3) is 0 Å². The molecule has 1 aliphatic heterocycles. The minimum Gasteiger partial charge on any atom is -0.480 e. The molecule has 0 bridgehead atoms. The summed E-state index contributed by atoms with van der Waals surface area (Å²) in [6, 6.07) is 0. The highest BCUT2D eigenvalue weighted by Gasteiger charge is 2.41. The van der Waals surface area contributed by atoms with Crippen LogP contribution in [0.15, 0.2) is 0 Å². The van der Waals surface area contributed by atoms with Crippen molar-refractivity contribution in [1.82, 2.24) is 0 Å². The van der Waals surface area contributed by atoms with Gasteiger partial charge in [-0.2, -0.15) is 0 Å². The minimum atomic E-state index is -0.596. The van der Waals surface area contributed by atoms with Gasteiger partial charge in [-0.25, -0.2) is 4.79 Å². The molecule has 18 heavy (non-hydrogen) atoms. The molecule has 0 aromatic heterocycles. The van der Waals surface area contributed by atoms with Gasteiger partial charge in [0.25, 0.3) is 0 Å². The zero-order valence-electron chi connectivity index (χ0n) is 11.0. The molecular weight excluding hydrogens is 264 g/mol. The van der Waals surface area contributed by atoms with Crippen LogP contribution in [0.3, 0.4) is 0 Å². The maximum atomic E-state index is 11.5. The molecule has 2 rings (SSSR count). The smallest absolute Gasteiger partial charge is 0.330 e. The summed E-state index contributed by atoms with van der Waals surface area (Å²) in [5, 5.41) is 9.48. The van der Waals surface area contributed by atoms with E-state index in [0.29, 0.717) is 0 Å². The van der Waals surface area contributed by atoms with Gasteiger partial charge in [0.2, 0.25) is 0 Å². The number of rotatable bonds is 5. The van der Waals surface area contributed by atoms with Crippen molar-refractivity contribution in [3.8, 4) is 0 Å². The number of carbonyl (C=O) groups is 1. The van der Waals surface area contributed by atoms with Gasteiger partial charge < -0.3 is 5.11 Å². The molecule has 2 nitrogen and oxygen atoms in total. The van der Waals surface area contributed by atoms with E-state index in [-0.39, 0.29) is 0 Å². The molecule has 1 heterocycles. The van der Waals surface area contributed by atoms with Crippen LogP contribution in [0, 0.1) is 5.92 Å². The van der Waals surface area contributed by atoms with Crippen LogP contribution in [-0.2, 0) is 4.79 Å². The summed E-state index contributed by atoms with van der Waals surface area (Å²) in [5.74, 6) is 2.31. The van der Waals surface area contributed by atoms with Gasteiger partial charge in [-0.15, -0.1) is 23.5 Å². The van der Waals surface area contributed by atoms with E-state index in [4.69, 9.17) is 0 Å². The first-order valence-electron chi connectivity index (χ1n) is 7.24. The summed E-state index contributed by atoms with van der Waals surface area (Å²) >= 11 is 3.34. The lowest BCUT2D eigenvalue weighted by Gasteiger charge is -2.32. The molecule has 2 fully saturated rings. The Labute approximate surface area is 119 Å². The van der Waals surface area contributed by atoms with E-state index in [1.807, 2.05) is 0 Å². The predicted molar refractivity (Wildman–Crippen MR) is 80.3 cm³/mol. The first kappa shape index (κ1) is 14.6. The quantitative estimate of drug-likeness (QED) is 0.814. The highest BCUT2D eigenvalue weighted by atomic mass is 32.2.